The zero-order valence-electron chi connectivity index (χ0n) is 6.37. The van der Waals surface area contributed by atoms with Gasteiger partial charge in [-0.05, 0) is 12.3 Å². The summed E-state index contributed by atoms with van der Waals surface area (Å²) >= 11 is 0. The summed E-state index contributed by atoms with van der Waals surface area (Å²) in [5, 5.41) is 11.0. The maximum Gasteiger partial charge on any atom is 0.505 e. The molecule has 1 amide bonds. The highest BCUT2D eigenvalue weighted by molar-refractivity contribution is 5.82. The van der Waals surface area contributed by atoms with Crippen LogP contribution in [0.5, 0.6) is 0 Å². The fraction of sp³-hybridized carbons (Fsp3) is 0.714. The number of fused-ring (bicyclic) bond motifs is 1. The van der Waals surface area contributed by atoms with Crippen LogP contribution in [-0.4, -0.2) is 29.3 Å². The fourth-order valence-electron chi connectivity index (χ4n) is 1.76. The normalized spacial score (nSPS) is 37.0. The second-order valence-corrected chi connectivity index (χ2v) is 3.36. The summed E-state index contributed by atoms with van der Waals surface area (Å²) in [5.41, 5.74) is -0.338. The van der Waals surface area contributed by atoms with Gasteiger partial charge in [0.1, 0.15) is 6.61 Å². The Morgan fingerprint density at radius 2 is 2.58 bits per heavy atom. The van der Waals surface area contributed by atoms with Gasteiger partial charge in [0.15, 0.2) is 0 Å². The minimum Gasteiger partial charge on any atom is -0.450 e. The molecule has 2 atom stereocenters. The van der Waals surface area contributed by atoms with Gasteiger partial charge in [0, 0.05) is 6.42 Å². The number of carbonyl (C=O) groups excluding carboxylic acids is 1. The van der Waals surface area contributed by atoms with Crippen molar-refractivity contribution >= 4 is 12.1 Å². The summed E-state index contributed by atoms with van der Waals surface area (Å²) in [6.45, 7) is 0.0960. The molecule has 1 aliphatic heterocycles. The van der Waals surface area contributed by atoms with E-state index in [0.29, 0.717) is 12.3 Å². The summed E-state index contributed by atoms with van der Waals surface area (Å²) in [6.07, 6.45) is 0.0887. The van der Waals surface area contributed by atoms with E-state index in [1.54, 1.807) is 0 Å². The maximum atomic E-state index is 10.8. The molecule has 0 radical (unpaired) electrons. The van der Waals surface area contributed by atoms with Gasteiger partial charge in [-0.25, -0.2) is 4.79 Å². The first-order valence-electron chi connectivity index (χ1n) is 3.79. The van der Waals surface area contributed by atoms with Crippen molar-refractivity contribution in [1.82, 2.24) is 5.32 Å². The molecule has 5 nitrogen and oxygen atoms in total. The molecule has 2 fully saturated rings. The Kier molecular flexibility index (Phi) is 1.31. The summed E-state index contributed by atoms with van der Waals surface area (Å²) < 4.78 is 4.42. The molecule has 1 aliphatic carbocycles. The van der Waals surface area contributed by atoms with Crippen molar-refractivity contribution in [3.05, 3.63) is 0 Å². The van der Waals surface area contributed by atoms with Crippen LogP contribution in [0.25, 0.3) is 0 Å². The SMILES string of the molecule is O=C1CC2CC2(COC(=O)O)N1. The van der Waals surface area contributed by atoms with Crippen molar-refractivity contribution < 1.29 is 19.4 Å². The van der Waals surface area contributed by atoms with Crippen LogP contribution in [0, 0.1) is 5.92 Å². The van der Waals surface area contributed by atoms with E-state index >= 15 is 0 Å². The lowest BCUT2D eigenvalue weighted by molar-refractivity contribution is -0.120. The van der Waals surface area contributed by atoms with Crippen LogP contribution >= 0.6 is 0 Å². The molecule has 2 unspecified atom stereocenters. The predicted molar refractivity (Wildman–Crippen MR) is 37.6 cm³/mol. The second-order valence-electron chi connectivity index (χ2n) is 3.36. The number of hydrogen-bond donors (Lipinski definition) is 2. The number of rotatable bonds is 2. The van der Waals surface area contributed by atoms with Crippen LogP contribution in [0.2, 0.25) is 0 Å². The van der Waals surface area contributed by atoms with E-state index in [2.05, 4.69) is 10.1 Å². The molecule has 5 heteroatoms. The van der Waals surface area contributed by atoms with Crippen molar-refractivity contribution in [1.29, 1.82) is 0 Å². The Hall–Kier alpha value is -1.26. The third kappa shape index (κ3) is 1.01. The zero-order chi connectivity index (χ0) is 8.77. The van der Waals surface area contributed by atoms with Crippen LogP contribution in [0.1, 0.15) is 12.8 Å². The Bertz CT molecular complexity index is 252. The summed E-state index contributed by atoms with van der Waals surface area (Å²) in [7, 11) is 0. The van der Waals surface area contributed by atoms with Gasteiger partial charge in [0.2, 0.25) is 5.91 Å². The van der Waals surface area contributed by atoms with Crippen LogP contribution in [-0.2, 0) is 9.53 Å². The summed E-state index contributed by atoms with van der Waals surface area (Å²) in [5.74, 6) is 0.296. The van der Waals surface area contributed by atoms with Gasteiger partial charge in [-0.3, -0.25) is 4.79 Å². The molecule has 0 spiro atoms. The molecular formula is C7H9NO4. The molecule has 1 heterocycles. The molecule has 2 N–H and O–H groups in total. The molecule has 0 aromatic heterocycles. The molecular weight excluding hydrogens is 162 g/mol. The maximum absolute atomic E-state index is 10.8. The molecule has 0 aromatic rings. The standard InChI is InChI=1S/C7H9NO4/c9-5-1-4-2-7(4,8-5)3-12-6(10)11/h4H,1-3H2,(H,8,9)(H,10,11). The van der Waals surface area contributed by atoms with Gasteiger partial charge in [-0.15, -0.1) is 0 Å². The lowest BCUT2D eigenvalue weighted by Gasteiger charge is -2.11. The Morgan fingerprint density at radius 1 is 1.83 bits per heavy atom. The predicted octanol–water partition coefficient (Wildman–Crippen LogP) is -0.0404. The lowest BCUT2D eigenvalue weighted by Crippen LogP contribution is -2.36. The minimum atomic E-state index is -1.28. The second kappa shape index (κ2) is 2.12. The average Bonchev–Trinajstić information content (AvgIpc) is 2.52. The number of carbonyl (C=O) groups is 2. The van der Waals surface area contributed by atoms with Crippen molar-refractivity contribution in [2.75, 3.05) is 6.61 Å². The third-order valence-electron chi connectivity index (χ3n) is 2.51. The van der Waals surface area contributed by atoms with E-state index in [-0.39, 0.29) is 18.1 Å². The molecule has 2 aliphatic rings. The number of amides is 1. The van der Waals surface area contributed by atoms with Gasteiger partial charge in [-0.2, -0.15) is 0 Å². The Balaban J connectivity index is 1.89. The van der Waals surface area contributed by atoms with Gasteiger partial charge in [0.25, 0.3) is 0 Å². The van der Waals surface area contributed by atoms with E-state index < -0.39 is 6.16 Å². The minimum absolute atomic E-state index is 0.000221. The highest BCUT2D eigenvalue weighted by Gasteiger charge is 2.61. The van der Waals surface area contributed by atoms with E-state index in [4.69, 9.17) is 5.11 Å². The molecule has 66 valence electrons. The number of piperidine rings is 1. The van der Waals surface area contributed by atoms with Crippen molar-refractivity contribution in [2.24, 2.45) is 5.92 Å². The first-order chi connectivity index (χ1) is 5.62. The van der Waals surface area contributed by atoms with Gasteiger partial charge in [0.05, 0.1) is 5.54 Å². The van der Waals surface area contributed by atoms with Crippen molar-refractivity contribution in [2.45, 2.75) is 18.4 Å². The lowest BCUT2D eigenvalue weighted by atomic mass is 10.2. The molecule has 0 aromatic carbocycles. The van der Waals surface area contributed by atoms with E-state index in [0.717, 1.165) is 6.42 Å². The van der Waals surface area contributed by atoms with Crippen LogP contribution in [0.4, 0.5) is 4.79 Å². The number of hydrogen-bond acceptors (Lipinski definition) is 3. The highest BCUT2D eigenvalue weighted by atomic mass is 16.7. The fourth-order valence-corrected chi connectivity index (χ4v) is 1.76. The Labute approximate surface area is 68.7 Å². The first kappa shape index (κ1) is 7.39. The first-order valence-corrected chi connectivity index (χ1v) is 3.79. The summed E-state index contributed by atoms with van der Waals surface area (Å²) in [4.78, 5) is 20.9. The molecule has 1 saturated carbocycles. The van der Waals surface area contributed by atoms with E-state index in [9.17, 15) is 9.59 Å². The third-order valence-corrected chi connectivity index (χ3v) is 2.51. The average molecular weight is 171 g/mol. The molecule has 2 rings (SSSR count). The van der Waals surface area contributed by atoms with Gasteiger partial charge < -0.3 is 15.2 Å². The monoisotopic (exact) mass is 171 g/mol. The van der Waals surface area contributed by atoms with E-state index in [1.165, 1.54) is 0 Å². The number of carboxylic acid groups (broad SMARTS) is 1. The molecule has 0 bridgehead atoms. The molecule has 1 saturated heterocycles. The van der Waals surface area contributed by atoms with E-state index in [1.807, 2.05) is 0 Å². The quantitative estimate of drug-likeness (QED) is 0.571. The number of nitrogens with one attached hydrogen (secondary N) is 1. The summed E-state index contributed by atoms with van der Waals surface area (Å²) in [6, 6.07) is 0. The topological polar surface area (TPSA) is 75.6 Å². The smallest absolute Gasteiger partial charge is 0.450 e. The van der Waals surface area contributed by atoms with Crippen molar-refractivity contribution in [3.8, 4) is 0 Å². The van der Waals surface area contributed by atoms with Crippen LogP contribution in [0.15, 0.2) is 0 Å². The number of ether oxygens (including phenoxy) is 1. The zero-order valence-corrected chi connectivity index (χ0v) is 6.37. The highest BCUT2D eigenvalue weighted by Crippen LogP contribution is 2.50. The van der Waals surface area contributed by atoms with Crippen LogP contribution < -0.4 is 5.32 Å². The largest absolute Gasteiger partial charge is 0.505 e. The van der Waals surface area contributed by atoms with Gasteiger partial charge in [-0.1, -0.05) is 0 Å². The Morgan fingerprint density at radius 3 is 3.08 bits per heavy atom. The van der Waals surface area contributed by atoms with Crippen LogP contribution in [0.3, 0.4) is 0 Å². The van der Waals surface area contributed by atoms with Crippen molar-refractivity contribution in [3.63, 3.8) is 0 Å². The van der Waals surface area contributed by atoms with Gasteiger partial charge >= 0.3 is 6.16 Å². The molecule has 12 heavy (non-hydrogen) atoms.